The van der Waals surface area contributed by atoms with E-state index in [0.29, 0.717) is 22.0 Å². The molecule has 0 saturated carbocycles. The van der Waals surface area contributed by atoms with E-state index >= 15 is 0 Å². The summed E-state index contributed by atoms with van der Waals surface area (Å²) in [5.41, 5.74) is 1.23. The van der Waals surface area contributed by atoms with Gasteiger partial charge in [-0.3, -0.25) is 9.36 Å². The molecule has 0 bridgehead atoms. The number of hydrogen-bond acceptors (Lipinski definition) is 7. The summed E-state index contributed by atoms with van der Waals surface area (Å²) in [6.45, 7) is 4.92. The first kappa shape index (κ1) is 16.8. The van der Waals surface area contributed by atoms with E-state index in [0.717, 1.165) is 11.3 Å². The quantitative estimate of drug-likeness (QED) is 0.837. The molecule has 0 aliphatic rings. The molecule has 0 atom stereocenters. The number of esters is 1. The standard InChI is InChI=1S/C14H16N4O4S/c1-7-5-8(2)18(14(21)15-7)6-10(19)17-13-16-9(3)11(23-13)12(20)22-4/h5H,6H2,1-4H3,(H,16,17,19). The van der Waals surface area contributed by atoms with E-state index in [1.165, 1.54) is 11.7 Å². The molecule has 122 valence electrons. The van der Waals surface area contributed by atoms with Crippen LogP contribution in [0, 0.1) is 20.8 Å². The number of anilines is 1. The van der Waals surface area contributed by atoms with Crippen LogP contribution in [0.3, 0.4) is 0 Å². The Balaban J connectivity index is 2.15. The number of thiazole rings is 1. The van der Waals surface area contributed by atoms with E-state index in [1.807, 2.05) is 0 Å². The first-order chi connectivity index (χ1) is 10.8. The van der Waals surface area contributed by atoms with Crippen molar-refractivity contribution in [3.8, 4) is 0 Å². The summed E-state index contributed by atoms with van der Waals surface area (Å²) in [5, 5.41) is 2.85. The second kappa shape index (κ2) is 6.69. The van der Waals surface area contributed by atoms with Gasteiger partial charge in [0.05, 0.1) is 12.8 Å². The maximum atomic E-state index is 12.1. The number of amides is 1. The van der Waals surface area contributed by atoms with Crippen LogP contribution in [0.25, 0.3) is 0 Å². The van der Waals surface area contributed by atoms with E-state index < -0.39 is 17.6 Å². The molecule has 0 aromatic carbocycles. The fraction of sp³-hybridized carbons (Fsp3) is 0.357. The number of nitrogens with one attached hydrogen (secondary N) is 1. The minimum Gasteiger partial charge on any atom is -0.465 e. The zero-order valence-corrected chi connectivity index (χ0v) is 14.0. The van der Waals surface area contributed by atoms with Crippen LogP contribution in [0.5, 0.6) is 0 Å². The van der Waals surface area contributed by atoms with Gasteiger partial charge >= 0.3 is 11.7 Å². The van der Waals surface area contributed by atoms with Crippen LogP contribution < -0.4 is 11.0 Å². The third kappa shape index (κ3) is 3.81. The Hall–Kier alpha value is -2.55. The van der Waals surface area contributed by atoms with Gasteiger partial charge in [0.25, 0.3) is 0 Å². The zero-order valence-electron chi connectivity index (χ0n) is 13.2. The van der Waals surface area contributed by atoms with Crippen LogP contribution in [0.1, 0.15) is 26.8 Å². The van der Waals surface area contributed by atoms with Gasteiger partial charge in [-0.05, 0) is 26.8 Å². The lowest BCUT2D eigenvalue weighted by molar-refractivity contribution is -0.116. The Morgan fingerprint density at radius 1 is 1.30 bits per heavy atom. The Labute approximate surface area is 136 Å². The highest BCUT2D eigenvalue weighted by Crippen LogP contribution is 2.23. The predicted molar refractivity (Wildman–Crippen MR) is 84.8 cm³/mol. The zero-order chi connectivity index (χ0) is 17.1. The van der Waals surface area contributed by atoms with E-state index in [-0.39, 0.29) is 11.7 Å². The summed E-state index contributed by atoms with van der Waals surface area (Å²) in [6, 6.07) is 1.72. The van der Waals surface area contributed by atoms with Crippen molar-refractivity contribution >= 4 is 28.3 Å². The number of carbonyl (C=O) groups excluding carboxylic acids is 2. The minimum atomic E-state index is -0.504. The largest absolute Gasteiger partial charge is 0.465 e. The van der Waals surface area contributed by atoms with E-state index in [2.05, 4.69) is 20.0 Å². The lowest BCUT2D eigenvalue weighted by atomic mass is 10.3. The number of ether oxygens (including phenoxy) is 1. The molecule has 0 saturated heterocycles. The number of aromatic nitrogens is 3. The number of nitrogens with zero attached hydrogens (tertiary/aromatic N) is 3. The maximum absolute atomic E-state index is 12.1. The van der Waals surface area contributed by atoms with Gasteiger partial charge in [0.15, 0.2) is 5.13 Å². The van der Waals surface area contributed by atoms with Crippen molar-refractivity contribution < 1.29 is 14.3 Å². The maximum Gasteiger partial charge on any atom is 0.350 e. The van der Waals surface area contributed by atoms with Gasteiger partial charge in [-0.2, -0.15) is 4.98 Å². The Morgan fingerprint density at radius 3 is 2.61 bits per heavy atom. The van der Waals surface area contributed by atoms with Crippen molar-refractivity contribution in [1.82, 2.24) is 14.5 Å². The van der Waals surface area contributed by atoms with Gasteiger partial charge in [-0.25, -0.2) is 14.6 Å². The topological polar surface area (TPSA) is 103 Å². The number of aryl methyl sites for hydroxylation is 3. The molecular formula is C14H16N4O4S. The molecule has 0 aliphatic heterocycles. The van der Waals surface area contributed by atoms with E-state index in [9.17, 15) is 14.4 Å². The van der Waals surface area contributed by atoms with Gasteiger partial charge in [-0.15, -0.1) is 0 Å². The fourth-order valence-corrected chi connectivity index (χ4v) is 2.90. The molecule has 0 radical (unpaired) electrons. The van der Waals surface area contributed by atoms with Gasteiger partial charge in [0.1, 0.15) is 11.4 Å². The minimum absolute atomic E-state index is 0.176. The molecular weight excluding hydrogens is 320 g/mol. The number of rotatable bonds is 4. The Kier molecular flexibility index (Phi) is 4.89. The van der Waals surface area contributed by atoms with Crippen LogP contribution in [0.2, 0.25) is 0 Å². The Bertz CT molecular complexity index is 825. The summed E-state index contributed by atoms with van der Waals surface area (Å²) >= 11 is 1.02. The molecule has 0 aliphatic carbocycles. The average molecular weight is 336 g/mol. The molecule has 0 unspecified atom stereocenters. The second-order valence-electron chi connectivity index (χ2n) is 4.88. The summed E-state index contributed by atoms with van der Waals surface area (Å²) in [4.78, 5) is 43.7. The molecule has 0 fully saturated rings. The molecule has 0 spiro atoms. The van der Waals surface area contributed by atoms with Crippen LogP contribution in [0.15, 0.2) is 10.9 Å². The number of methoxy groups -OCH3 is 1. The normalized spacial score (nSPS) is 10.4. The Morgan fingerprint density at radius 2 is 2.00 bits per heavy atom. The summed E-state index contributed by atoms with van der Waals surface area (Å²) in [5.74, 6) is -0.929. The van der Waals surface area contributed by atoms with Gasteiger partial charge in [0, 0.05) is 11.4 Å². The molecule has 1 amide bonds. The van der Waals surface area contributed by atoms with Gasteiger partial charge < -0.3 is 10.1 Å². The fourth-order valence-electron chi connectivity index (χ4n) is 2.00. The monoisotopic (exact) mass is 336 g/mol. The van der Waals surface area contributed by atoms with Crippen LogP contribution in [-0.4, -0.2) is 33.5 Å². The average Bonchev–Trinajstić information content (AvgIpc) is 2.82. The summed E-state index contributed by atoms with van der Waals surface area (Å²) in [6.07, 6.45) is 0. The molecule has 9 heteroatoms. The molecule has 23 heavy (non-hydrogen) atoms. The lowest BCUT2D eigenvalue weighted by Crippen LogP contribution is -2.31. The van der Waals surface area contributed by atoms with Crippen LogP contribution in [-0.2, 0) is 16.1 Å². The number of carbonyl (C=O) groups is 2. The lowest BCUT2D eigenvalue weighted by Gasteiger charge is -2.08. The van der Waals surface area contributed by atoms with Crippen molar-refractivity contribution in [3.05, 3.63) is 38.5 Å². The molecule has 2 aromatic heterocycles. The first-order valence-corrected chi connectivity index (χ1v) is 7.54. The highest BCUT2D eigenvalue weighted by molar-refractivity contribution is 7.17. The van der Waals surface area contributed by atoms with Crippen molar-refractivity contribution in [2.24, 2.45) is 0 Å². The molecule has 8 nitrogen and oxygen atoms in total. The molecule has 2 aromatic rings. The van der Waals surface area contributed by atoms with Crippen molar-refractivity contribution in [2.75, 3.05) is 12.4 Å². The predicted octanol–water partition coefficient (Wildman–Crippen LogP) is 1.05. The van der Waals surface area contributed by atoms with Crippen molar-refractivity contribution in [3.63, 3.8) is 0 Å². The third-order valence-electron chi connectivity index (χ3n) is 3.06. The summed E-state index contributed by atoms with van der Waals surface area (Å²) < 4.78 is 5.91. The highest BCUT2D eigenvalue weighted by Gasteiger charge is 2.17. The SMILES string of the molecule is COC(=O)c1sc(NC(=O)Cn2c(C)cc(C)nc2=O)nc1C. The van der Waals surface area contributed by atoms with E-state index in [4.69, 9.17) is 0 Å². The number of hydrogen-bond donors (Lipinski definition) is 1. The van der Waals surface area contributed by atoms with Gasteiger partial charge in [-0.1, -0.05) is 11.3 Å². The molecule has 2 rings (SSSR count). The summed E-state index contributed by atoms with van der Waals surface area (Å²) in [7, 11) is 1.28. The van der Waals surface area contributed by atoms with Crippen molar-refractivity contribution in [2.45, 2.75) is 27.3 Å². The van der Waals surface area contributed by atoms with Gasteiger partial charge in [0.2, 0.25) is 5.91 Å². The van der Waals surface area contributed by atoms with Crippen molar-refractivity contribution in [1.29, 1.82) is 0 Å². The van der Waals surface area contributed by atoms with Crippen LogP contribution >= 0.6 is 11.3 Å². The third-order valence-corrected chi connectivity index (χ3v) is 4.11. The van der Waals surface area contributed by atoms with E-state index in [1.54, 1.807) is 26.8 Å². The second-order valence-corrected chi connectivity index (χ2v) is 5.88. The molecule has 1 N–H and O–H groups in total. The molecule has 2 heterocycles. The highest BCUT2D eigenvalue weighted by atomic mass is 32.1. The first-order valence-electron chi connectivity index (χ1n) is 6.72. The smallest absolute Gasteiger partial charge is 0.350 e. The van der Waals surface area contributed by atoms with Crippen LogP contribution in [0.4, 0.5) is 5.13 Å².